The third-order valence-electron chi connectivity index (χ3n) is 8.25. The maximum Gasteiger partial charge on any atom is 0.335 e. The molecule has 0 atom stereocenters. The number of benzene rings is 4. The Labute approximate surface area is 288 Å². The zero-order valence-electron chi connectivity index (χ0n) is 26.3. The van der Waals surface area contributed by atoms with Gasteiger partial charge in [0.25, 0.3) is 5.91 Å². The molecule has 4 aromatic carbocycles. The van der Waals surface area contributed by atoms with E-state index in [1.807, 2.05) is 48.5 Å². The molecule has 48 heavy (non-hydrogen) atoms. The number of thiocarbonyl (C=S) groups is 1. The van der Waals surface area contributed by atoms with Crippen molar-refractivity contribution >= 4 is 57.0 Å². The Morgan fingerprint density at radius 3 is 2.46 bits per heavy atom. The Morgan fingerprint density at radius 2 is 1.69 bits per heavy atom. The van der Waals surface area contributed by atoms with Gasteiger partial charge in [0, 0.05) is 31.7 Å². The second-order valence-electron chi connectivity index (χ2n) is 11.4. The summed E-state index contributed by atoms with van der Waals surface area (Å²) in [4.78, 5) is 29.1. The molecule has 0 unspecified atom stereocenters. The topological polar surface area (TPSA) is 109 Å². The van der Waals surface area contributed by atoms with Crippen molar-refractivity contribution in [2.24, 2.45) is 0 Å². The fourth-order valence-corrected chi connectivity index (χ4v) is 6.95. The maximum absolute atomic E-state index is 13.4. The van der Waals surface area contributed by atoms with Gasteiger partial charge in [0.2, 0.25) is 0 Å². The van der Waals surface area contributed by atoms with Crippen LogP contribution in [-0.2, 0) is 16.0 Å². The fourth-order valence-electron chi connectivity index (χ4n) is 5.64. The molecule has 6 rings (SSSR count). The Morgan fingerprint density at radius 1 is 0.917 bits per heavy atom. The first-order valence-corrected chi connectivity index (χ1v) is 17.0. The molecule has 2 aliphatic heterocycles. The number of hydrogen-bond donors (Lipinski definition) is 2. The maximum atomic E-state index is 13.4. The standard InChI is InChI=1S/C37H36N2O7S2/c40-16-20-45-31-9-8-28-23-30(7-6-29(28)24-31)32-21-26(3-10-33(32)46-19-15-38-13-17-44-18-14-38)22-34-35(41)39(37(47)48-34)12-11-25-1-4-27(5-2-25)36(42)43/h1-10,21-24,40H,11-20H2,(H,42,43). The average Bonchev–Trinajstić information content (AvgIpc) is 3.37. The highest BCUT2D eigenvalue weighted by molar-refractivity contribution is 8.26. The molecule has 2 fully saturated rings. The first kappa shape index (κ1) is 33.6. The molecule has 11 heteroatoms. The third-order valence-corrected chi connectivity index (χ3v) is 9.63. The van der Waals surface area contributed by atoms with Gasteiger partial charge in [0.1, 0.15) is 29.0 Å². The second kappa shape index (κ2) is 15.8. The molecule has 0 bridgehead atoms. The van der Waals surface area contributed by atoms with Crippen molar-refractivity contribution in [2.75, 3.05) is 59.2 Å². The van der Waals surface area contributed by atoms with Crippen LogP contribution in [0.1, 0.15) is 21.5 Å². The fraction of sp³-hybridized carbons (Fsp3) is 0.270. The number of carbonyl (C=O) groups is 2. The quantitative estimate of drug-likeness (QED) is 0.134. The lowest BCUT2D eigenvalue weighted by atomic mass is 9.98. The van der Waals surface area contributed by atoms with E-state index in [4.69, 9.17) is 36.6 Å². The second-order valence-corrected chi connectivity index (χ2v) is 13.1. The lowest BCUT2D eigenvalue weighted by molar-refractivity contribution is -0.122. The smallest absolute Gasteiger partial charge is 0.335 e. The Hall–Kier alpha value is -4.26. The Bertz CT molecular complexity index is 1840. The van der Waals surface area contributed by atoms with Crippen LogP contribution in [0.3, 0.4) is 0 Å². The highest BCUT2D eigenvalue weighted by Crippen LogP contribution is 2.37. The SMILES string of the molecule is O=C(O)c1ccc(CCN2C(=O)C(=Cc3ccc(OCCN4CCOCC4)c(-c4ccc5cc(OCCO)ccc5c4)c3)SC2=S)cc1. The van der Waals surface area contributed by atoms with Crippen LogP contribution in [0.5, 0.6) is 11.5 Å². The van der Waals surface area contributed by atoms with Gasteiger partial charge in [-0.3, -0.25) is 14.6 Å². The van der Waals surface area contributed by atoms with E-state index in [1.165, 1.54) is 11.8 Å². The monoisotopic (exact) mass is 684 g/mol. The van der Waals surface area contributed by atoms with Crippen molar-refractivity contribution in [1.29, 1.82) is 0 Å². The number of fused-ring (bicyclic) bond motifs is 1. The summed E-state index contributed by atoms with van der Waals surface area (Å²) >= 11 is 6.86. The van der Waals surface area contributed by atoms with E-state index in [2.05, 4.69) is 17.0 Å². The number of amides is 1. The van der Waals surface area contributed by atoms with Crippen LogP contribution in [0.2, 0.25) is 0 Å². The number of carbonyl (C=O) groups excluding carboxylic acids is 1. The van der Waals surface area contributed by atoms with E-state index in [9.17, 15) is 9.59 Å². The number of ether oxygens (including phenoxy) is 3. The summed E-state index contributed by atoms with van der Waals surface area (Å²) in [5.41, 5.74) is 3.89. The highest BCUT2D eigenvalue weighted by Gasteiger charge is 2.31. The van der Waals surface area contributed by atoms with E-state index in [0.717, 1.165) is 71.6 Å². The summed E-state index contributed by atoms with van der Waals surface area (Å²) in [5.74, 6) is 0.333. The van der Waals surface area contributed by atoms with Gasteiger partial charge in [-0.05, 0) is 82.4 Å². The molecule has 248 valence electrons. The predicted octanol–water partition coefficient (Wildman–Crippen LogP) is 5.73. The van der Waals surface area contributed by atoms with Gasteiger partial charge in [0.15, 0.2) is 0 Å². The van der Waals surface area contributed by atoms with Crippen molar-refractivity contribution in [3.63, 3.8) is 0 Å². The van der Waals surface area contributed by atoms with Gasteiger partial charge in [0.05, 0.1) is 30.3 Å². The number of morpholine rings is 1. The van der Waals surface area contributed by atoms with Crippen molar-refractivity contribution in [2.45, 2.75) is 6.42 Å². The van der Waals surface area contributed by atoms with Crippen LogP contribution in [0, 0.1) is 0 Å². The Kier molecular flexibility index (Phi) is 11.0. The largest absolute Gasteiger partial charge is 0.492 e. The molecule has 4 aromatic rings. The number of aromatic carboxylic acids is 1. The van der Waals surface area contributed by atoms with Gasteiger partial charge >= 0.3 is 5.97 Å². The summed E-state index contributed by atoms with van der Waals surface area (Å²) < 4.78 is 17.9. The molecule has 0 saturated carbocycles. The van der Waals surface area contributed by atoms with Gasteiger partial charge in [-0.2, -0.15) is 0 Å². The van der Waals surface area contributed by atoms with Crippen molar-refractivity contribution in [1.82, 2.24) is 9.80 Å². The molecular weight excluding hydrogens is 649 g/mol. The van der Waals surface area contributed by atoms with Gasteiger partial charge in [-0.15, -0.1) is 0 Å². The zero-order valence-corrected chi connectivity index (χ0v) is 27.9. The van der Waals surface area contributed by atoms with Crippen LogP contribution in [0.4, 0.5) is 0 Å². The van der Waals surface area contributed by atoms with Crippen LogP contribution >= 0.6 is 24.0 Å². The number of carboxylic acids is 1. The normalized spacial score (nSPS) is 16.2. The number of nitrogens with zero attached hydrogens (tertiary/aromatic N) is 2. The molecule has 2 heterocycles. The molecule has 0 aliphatic carbocycles. The number of hydrogen-bond acceptors (Lipinski definition) is 9. The summed E-state index contributed by atoms with van der Waals surface area (Å²) in [7, 11) is 0. The summed E-state index contributed by atoms with van der Waals surface area (Å²) in [6.07, 6.45) is 2.42. The van der Waals surface area contributed by atoms with Crippen molar-refractivity contribution in [3.05, 3.63) is 100 Å². The van der Waals surface area contributed by atoms with E-state index >= 15 is 0 Å². The van der Waals surface area contributed by atoms with Crippen LogP contribution in [0.15, 0.2) is 83.8 Å². The zero-order chi connectivity index (χ0) is 33.5. The average molecular weight is 685 g/mol. The van der Waals surface area contributed by atoms with Gasteiger partial charge in [-0.1, -0.05) is 60.4 Å². The molecule has 0 aromatic heterocycles. The minimum Gasteiger partial charge on any atom is -0.492 e. The van der Waals surface area contributed by atoms with E-state index < -0.39 is 5.97 Å². The first-order chi connectivity index (χ1) is 23.4. The van der Waals surface area contributed by atoms with Crippen LogP contribution in [-0.4, -0.2) is 95.4 Å². The third kappa shape index (κ3) is 8.23. The first-order valence-electron chi connectivity index (χ1n) is 15.8. The summed E-state index contributed by atoms with van der Waals surface area (Å²) in [6, 6.07) is 24.7. The summed E-state index contributed by atoms with van der Waals surface area (Å²) in [5, 5.41) is 20.3. The molecule has 9 nitrogen and oxygen atoms in total. The van der Waals surface area contributed by atoms with Crippen molar-refractivity contribution < 1.29 is 34.0 Å². The minimum atomic E-state index is -0.973. The molecule has 0 radical (unpaired) electrons. The van der Waals surface area contributed by atoms with E-state index in [-0.39, 0.29) is 24.7 Å². The molecule has 2 N–H and O–H groups in total. The van der Waals surface area contributed by atoms with E-state index in [1.54, 1.807) is 29.2 Å². The van der Waals surface area contributed by atoms with Crippen LogP contribution < -0.4 is 9.47 Å². The minimum absolute atomic E-state index is 0.0454. The van der Waals surface area contributed by atoms with Gasteiger partial charge in [-0.25, -0.2) is 4.79 Å². The molecule has 0 spiro atoms. The highest BCUT2D eigenvalue weighted by atomic mass is 32.2. The molecule has 2 aliphatic rings. The molecule has 2 saturated heterocycles. The van der Waals surface area contributed by atoms with Crippen LogP contribution in [0.25, 0.3) is 28.0 Å². The Balaban J connectivity index is 1.23. The number of aliphatic hydroxyl groups excluding tert-OH is 1. The molecule has 1 amide bonds. The van der Waals surface area contributed by atoms with E-state index in [0.29, 0.717) is 34.5 Å². The van der Waals surface area contributed by atoms with Gasteiger partial charge < -0.3 is 24.4 Å². The number of carboxylic acid groups (broad SMARTS) is 1. The lowest BCUT2D eigenvalue weighted by Crippen LogP contribution is -2.38. The predicted molar refractivity (Wildman–Crippen MR) is 192 cm³/mol. The lowest BCUT2D eigenvalue weighted by Gasteiger charge is -2.26. The van der Waals surface area contributed by atoms with Crippen molar-refractivity contribution in [3.8, 4) is 22.6 Å². The molecular formula is C37H36N2O7S2. The number of rotatable bonds is 13. The number of aliphatic hydroxyl groups is 1. The number of thioether (sulfide) groups is 1. The summed E-state index contributed by atoms with van der Waals surface area (Å²) in [6.45, 7) is 5.16.